The van der Waals surface area contributed by atoms with Gasteiger partial charge in [-0.15, -0.1) is 11.3 Å². The topological polar surface area (TPSA) is 50.7 Å². The Kier molecular flexibility index (Phi) is 3.92. The first-order chi connectivity index (χ1) is 11.8. The Labute approximate surface area is 144 Å². The molecule has 24 heavy (non-hydrogen) atoms. The number of benzene rings is 1. The van der Waals surface area contributed by atoms with E-state index in [9.17, 15) is 0 Å². The molecule has 0 saturated carbocycles. The molecule has 1 unspecified atom stereocenters. The zero-order valence-electron chi connectivity index (χ0n) is 13.2. The number of hydrogen-bond acceptors (Lipinski definition) is 5. The van der Waals surface area contributed by atoms with Gasteiger partial charge in [0.05, 0.1) is 17.1 Å². The van der Waals surface area contributed by atoms with Gasteiger partial charge in [0.25, 0.3) is 0 Å². The molecule has 0 radical (unpaired) electrons. The molecule has 4 aromatic rings. The minimum Gasteiger partial charge on any atom is -0.357 e. The maximum absolute atomic E-state index is 4.53. The van der Waals surface area contributed by atoms with Crippen LogP contribution in [0.25, 0.3) is 10.2 Å². The van der Waals surface area contributed by atoms with E-state index >= 15 is 0 Å². The molecule has 1 aromatic carbocycles. The number of pyridine rings is 1. The van der Waals surface area contributed by atoms with Gasteiger partial charge in [0.15, 0.2) is 0 Å². The quantitative estimate of drug-likeness (QED) is 0.593. The second-order valence-corrected chi connectivity index (χ2v) is 6.78. The minimum atomic E-state index is -0.0642. The molecule has 5 heteroatoms. The van der Waals surface area contributed by atoms with E-state index < -0.39 is 0 Å². The zero-order chi connectivity index (χ0) is 16.4. The van der Waals surface area contributed by atoms with E-state index in [0.29, 0.717) is 0 Å². The average Bonchev–Trinajstić information content (AvgIpc) is 3.02. The van der Waals surface area contributed by atoms with Crippen LogP contribution in [-0.2, 0) is 0 Å². The lowest BCUT2D eigenvalue weighted by Gasteiger charge is -2.19. The van der Waals surface area contributed by atoms with E-state index in [2.05, 4.69) is 45.4 Å². The number of aromatic nitrogens is 3. The first kappa shape index (κ1) is 14.8. The predicted molar refractivity (Wildman–Crippen MR) is 98.3 cm³/mol. The number of hydrogen-bond donors (Lipinski definition) is 1. The third-order valence-electron chi connectivity index (χ3n) is 3.85. The van der Waals surface area contributed by atoms with E-state index in [1.807, 2.05) is 42.6 Å². The molecule has 0 fully saturated rings. The summed E-state index contributed by atoms with van der Waals surface area (Å²) >= 11 is 1.68. The number of rotatable bonds is 4. The Morgan fingerprint density at radius 1 is 0.958 bits per heavy atom. The van der Waals surface area contributed by atoms with Crippen molar-refractivity contribution in [1.82, 2.24) is 15.0 Å². The Morgan fingerprint density at radius 2 is 1.79 bits per heavy atom. The van der Waals surface area contributed by atoms with Crippen molar-refractivity contribution in [3.05, 3.63) is 83.3 Å². The molecular weight excluding hydrogens is 316 g/mol. The number of aryl methyl sites for hydroxylation is 1. The standard InChI is InChI=1S/C19H16N4S/c1-13-11-15-18(21-12-22-19(15)24-13)23-17(14-7-3-2-4-8-14)16-9-5-6-10-20-16/h2-12,17H,1H3,(H,21,22,23). The Bertz CT molecular complexity index is 911. The van der Waals surface area contributed by atoms with E-state index in [1.54, 1.807) is 17.7 Å². The van der Waals surface area contributed by atoms with Crippen molar-refractivity contribution in [2.75, 3.05) is 5.32 Å². The summed E-state index contributed by atoms with van der Waals surface area (Å²) in [6.45, 7) is 2.09. The Morgan fingerprint density at radius 3 is 2.58 bits per heavy atom. The molecule has 118 valence electrons. The summed E-state index contributed by atoms with van der Waals surface area (Å²) in [6, 6.07) is 18.3. The summed E-state index contributed by atoms with van der Waals surface area (Å²) in [5.74, 6) is 0.837. The van der Waals surface area contributed by atoms with Crippen molar-refractivity contribution >= 4 is 27.4 Å². The molecule has 0 aliphatic rings. The van der Waals surface area contributed by atoms with Gasteiger partial charge in [-0.05, 0) is 30.7 Å². The van der Waals surface area contributed by atoms with Gasteiger partial charge in [-0.3, -0.25) is 4.98 Å². The van der Waals surface area contributed by atoms with Crippen molar-refractivity contribution in [3.8, 4) is 0 Å². The largest absolute Gasteiger partial charge is 0.357 e. The number of nitrogens with zero attached hydrogens (tertiary/aromatic N) is 3. The molecule has 0 amide bonds. The lowest BCUT2D eigenvalue weighted by molar-refractivity contribution is 0.879. The van der Waals surface area contributed by atoms with Gasteiger partial charge < -0.3 is 5.32 Å². The third kappa shape index (κ3) is 2.86. The molecule has 0 saturated heterocycles. The molecule has 0 bridgehead atoms. The first-order valence-corrected chi connectivity index (χ1v) is 8.56. The number of nitrogens with one attached hydrogen (secondary N) is 1. The summed E-state index contributed by atoms with van der Waals surface area (Å²) in [6.07, 6.45) is 3.43. The molecule has 1 atom stereocenters. The molecular formula is C19H16N4S. The van der Waals surface area contributed by atoms with Crippen LogP contribution >= 0.6 is 11.3 Å². The summed E-state index contributed by atoms with van der Waals surface area (Å²) < 4.78 is 0. The monoisotopic (exact) mass is 332 g/mol. The van der Waals surface area contributed by atoms with Crippen LogP contribution in [0, 0.1) is 6.92 Å². The van der Waals surface area contributed by atoms with E-state index in [4.69, 9.17) is 0 Å². The van der Waals surface area contributed by atoms with Gasteiger partial charge in [-0.1, -0.05) is 36.4 Å². The Hall–Kier alpha value is -2.79. The van der Waals surface area contributed by atoms with E-state index in [-0.39, 0.29) is 6.04 Å². The fourth-order valence-electron chi connectivity index (χ4n) is 2.75. The van der Waals surface area contributed by atoms with Crippen LogP contribution in [-0.4, -0.2) is 15.0 Å². The highest BCUT2D eigenvalue weighted by molar-refractivity contribution is 7.18. The highest BCUT2D eigenvalue weighted by atomic mass is 32.1. The van der Waals surface area contributed by atoms with Gasteiger partial charge in [-0.2, -0.15) is 0 Å². The highest BCUT2D eigenvalue weighted by Crippen LogP contribution is 2.31. The van der Waals surface area contributed by atoms with Crippen LogP contribution in [0.3, 0.4) is 0 Å². The van der Waals surface area contributed by atoms with Crippen LogP contribution in [0.15, 0.2) is 67.1 Å². The van der Waals surface area contributed by atoms with Gasteiger partial charge >= 0.3 is 0 Å². The lowest BCUT2D eigenvalue weighted by atomic mass is 10.0. The maximum atomic E-state index is 4.53. The van der Waals surface area contributed by atoms with Crippen molar-refractivity contribution in [2.45, 2.75) is 13.0 Å². The summed E-state index contributed by atoms with van der Waals surface area (Å²) in [5.41, 5.74) is 2.11. The average molecular weight is 332 g/mol. The van der Waals surface area contributed by atoms with Crippen LogP contribution in [0.5, 0.6) is 0 Å². The summed E-state index contributed by atoms with van der Waals surface area (Å²) in [4.78, 5) is 15.6. The minimum absolute atomic E-state index is 0.0642. The molecule has 4 nitrogen and oxygen atoms in total. The number of fused-ring (bicyclic) bond motifs is 1. The van der Waals surface area contributed by atoms with Crippen molar-refractivity contribution < 1.29 is 0 Å². The summed E-state index contributed by atoms with van der Waals surface area (Å²) in [7, 11) is 0. The molecule has 1 N–H and O–H groups in total. The van der Waals surface area contributed by atoms with Gasteiger partial charge in [0, 0.05) is 11.1 Å². The molecule has 3 aromatic heterocycles. The fourth-order valence-corrected chi connectivity index (χ4v) is 3.60. The first-order valence-electron chi connectivity index (χ1n) is 7.75. The van der Waals surface area contributed by atoms with Gasteiger partial charge in [0.2, 0.25) is 0 Å². The van der Waals surface area contributed by atoms with E-state index in [0.717, 1.165) is 27.3 Å². The summed E-state index contributed by atoms with van der Waals surface area (Å²) in [5, 5.41) is 4.61. The van der Waals surface area contributed by atoms with Crippen LogP contribution in [0.4, 0.5) is 5.82 Å². The molecule has 4 rings (SSSR count). The second kappa shape index (κ2) is 6.37. The third-order valence-corrected chi connectivity index (χ3v) is 4.81. The van der Waals surface area contributed by atoms with Crippen molar-refractivity contribution in [1.29, 1.82) is 0 Å². The molecule has 0 spiro atoms. The molecule has 3 heterocycles. The van der Waals surface area contributed by atoms with Crippen LogP contribution < -0.4 is 5.32 Å². The molecule has 0 aliphatic carbocycles. The van der Waals surface area contributed by atoms with Crippen LogP contribution in [0.1, 0.15) is 22.2 Å². The van der Waals surface area contributed by atoms with Gasteiger partial charge in [-0.25, -0.2) is 9.97 Å². The lowest BCUT2D eigenvalue weighted by Crippen LogP contribution is -2.14. The smallest absolute Gasteiger partial charge is 0.138 e. The number of anilines is 1. The fraction of sp³-hybridized carbons (Fsp3) is 0.105. The van der Waals surface area contributed by atoms with Crippen LogP contribution in [0.2, 0.25) is 0 Å². The van der Waals surface area contributed by atoms with Crippen molar-refractivity contribution in [3.63, 3.8) is 0 Å². The predicted octanol–water partition coefficient (Wildman–Crippen LogP) is 4.60. The maximum Gasteiger partial charge on any atom is 0.138 e. The normalized spacial score (nSPS) is 12.2. The van der Waals surface area contributed by atoms with Gasteiger partial charge in [0.1, 0.15) is 17.0 Å². The highest BCUT2D eigenvalue weighted by Gasteiger charge is 2.17. The zero-order valence-corrected chi connectivity index (χ0v) is 14.0. The number of thiophene rings is 1. The molecule has 0 aliphatic heterocycles. The van der Waals surface area contributed by atoms with Crippen molar-refractivity contribution in [2.24, 2.45) is 0 Å². The SMILES string of the molecule is Cc1cc2c(NC(c3ccccc3)c3ccccn3)ncnc2s1. The van der Waals surface area contributed by atoms with E-state index in [1.165, 1.54) is 4.88 Å². The Balaban J connectivity index is 1.79. The second-order valence-electron chi connectivity index (χ2n) is 5.54.